The van der Waals surface area contributed by atoms with E-state index in [0.717, 1.165) is 34.8 Å². The van der Waals surface area contributed by atoms with Crippen molar-refractivity contribution >= 4 is 39.0 Å². The Morgan fingerprint density at radius 1 is 0.758 bits per heavy atom. The molecule has 0 unspecified atom stereocenters. The van der Waals surface area contributed by atoms with Gasteiger partial charge in [-0.15, -0.1) is 0 Å². The van der Waals surface area contributed by atoms with Crippen LogP contribution in [0.25, 0.3) is 33.1 Å². The molecule has 5 rings (SSSR count). The fourth-order valence-corrected chi connectivity index (χ4v) is 4.43. The van der Waals surface area contributed by atoms with Crippen LogP contribution in [0.4, 0.5) is 0 Å². The zero-order chi connectivity index (χ0) is 23.9. The molecule has 6 nitrogen and oxygen atoms in total. The molecule has 1 aliphatic carbocycles. The molecule has 1 aromatic heterocycles. The summed E-state index contributed by atoms with van der Waals surface area (Å²) in [5.74, 6) is -4.32. The Kier molecular flexibility index (Phi) is 5.87. The molecule has 4 aromatic rings. The van der Waals surface area contributed by atoms with Gasteiger partial charge in [0.05, 0.1) is 11.0 Å². The van der Waals surface area contributed by atoms with Crippen molar-refractivity contribution < 1.29 is 25.5 Å². The van der Waals surface area contributed by atoms with Gasteiger partial charge in [-0.25, -0.2) is 0 Å². The molecule has 0 saturated heterocycles. The summed E-state index contributed by atoms with van der Waals surface area (Å²) in [6, 6.07) is 13.2. The van der Waals surface area contributed by atoms with E-state index >= 15 is 0 Å². The summed E-state index contributed by atoms with van der Waals surface area (Å²) >= 11 is 6.20. The summed E-state index contributed by atoms with van der Waals surface area (Å²) in [5, 5.41) is 53.6. The summed E-state index contributed by atoms with van der Waals surface area (Å²) in [5.41, 5.74) is 3.03. The molecule has 0 bridgehead atoms. The second-order valence-corrected chi connectivity index (χ2v) is 7.91. The second-order valence-electron chi connectivity index (χ2n) is 7.47. The Hall–Kier alpha value is -3.77. The molecule has 0 radical (unpaired) electrons. The molecular weight excluding hydrogens is 442 g/mol. The Morgan fingerprint density at radius 2 is 1.36 bits per heavy atom. The number of rotatable bonds is 2. The maximum Gasteiger partial charge on any atom is 0.208 e. The molecule has 33 heavy (non-hydrogen) atoms. The number of aromatic nitrogens is 1. The van der Waals surface area contributed by atoms with E-state index in [4.69, 9.17) is 11.6 Å². The highest BCUT2D eigenvalue weighted by Crippen LogP contribution is 2.54. The fourth-order valence-electron chi connectivity index (χ4n) is 4.19. The SMILES string of the molecule is CC.Oc1c(O)c(O)c(-n2c3ccccc3c3ccc(C4=CC(Cl)=CCC4)cc32)c(O)c1O. The normalized spacial score (nSPS) is 13.4. The average molecular weight is 466 g/mol. The second kappa shape index (κ2) is 8.64. The molecule has 0 saturated carbocycles. The van der Waals surface area contributed by atoms with E-state index in [1.165, 1.54) is 0 Å². The molecular formula is C26H24ClNO5. The zero-order valence-electron chi connectivity index (χ0n) is 18.2. The molecule has 3 aromatic carbocycles. The van der Waals surface area contributed by atoms with Crippen LogP contribution >= 0.6 is 11.6 Å². The predicted molar refractivity (Wildman–Crippen MR) is 132 cm³/mol. The fraction of sp³-hybridized carbons (Fsp3) is 0.154. The number of hydrogen-bond acceptors (Lipinski definition) is 5. The summed E-state index contributed by atoms with van der Waals surface area (Å²) < 4.78 is 1.55. The lowest BCUT2D eigenvalue weighted by atomic mass is 9.96. The van der Waals surface area contributed by atoms with Crippen molar-refractivity contribution in [1.29, 1.82) is 0 Å². The summed E-state index contributed by atoms with van der Waals surface area (Å²) in [6.45, 7) is 4.00. The molecule has 170 valence electrons. The summed E-state index contributed by atoms with van der Waals surface area (Å²) in [7, 11) is 0. The van der Waals surface area contributed by atoms with Crippen molar-refractivity contribution in [3.8, 4) is 34.4 Å². The van der Waals surface area contributed by atoms with Gasteiger partial charge in [0.15, 0.2) is 11.5 Å². The van der Waals surface area contributed by atoms with Crippen molar-refractivity contribution in [2.24, 2.45) is 0 Å². The van der Waals surface area contributed by atoms with Crippen LogP contribution in [0.2, 0.25) is 0 Å². The zero-order valence-corrected chi connectivity index (χ0v) is 18.9. The third-order valence-electron chi connectivity index (χ3n) is 5.68. The molecule has 7 heteroatoms. The number of phenols is 5. The van der Waals surface area contributed by atoms with Gasteiger partial charge in [-0.2, -0.15) is 0 Å². The van der Waals surface area contributed by atoms with Crippen molar-refractivity contribution in [3.63, 3.8) is 0 Å². The van der Waals surface area contributed by atoms with Crippen molar-refractivity contribution in [2.75, 3.05) is 0 Å². The van der Waals surface area contributed by atoms with Crippen LogP contribution in [0.15, 0.2) is 59.6 Å². The number of hydrogen-bond donors (Lipinski definition) is 5. The summed E-state index contributed by atoms with van der Waals surface area (Å²) in [6.07, 6.45) is 5.51. The highest BCUT2D eigenvalue weighted by atomic mass is 35.5. The largest absolute Gasteiger partial charge is 0.503 e. The van der Waals surface area contributed by atoms with Crippen LogP contribution in [0.5, 0.6) is 28.7 Å². The predicted octanol–water partition coefficient (Wildman–Crippen LogP) is 6.64. The first-order chi connectivity index (χ1) is 15.9. The highest BCUT2D eigenvalue weighted by Gasteiger charge is 2.27. The lowest BCUT2D eigenvalue weighted by molar-refractivity contribution is 0.327. The van der Waals surface area contributed by atoms with Gasteiger partial charge in [0, 0.05) is 15.8 Å². The molecule has 0 amide bonds. The number of para-hydroxylation sites is 1. The molecule has 0 fully saturated rings. The maximum absolute atomic E-state index is 10.6. The number of benzene rings is 3. The van der Waals surface area contributed by atoms with Crippen LogP contribution in [0.1, 0.15) is 32.3 Å². The van der Waals surface area contributed by atoms with Crippen LogP contribution < -0.4 is 0 Å². The van der Waals surface area contributed by atoms with E-state index in [0.29, 0.717) is 16.1 Å². The van der Waals surface area contributed by atoms with Crippen LogP contribution in [0, 0.1) is 0 Å². The van der Waals surface area contributed by atoms with Crippen LogP contribution in [0.3, 0.4) is 0 Å². The van der Waals surface area contributed by atoms with Gasteiger partial charge < -0.3 is 30.1 Å². The van der Waals surface area contributed by atoms with Gasteiger partial charge >= 0.3 is 0 Å². The first kappa shape index (κ1) is 22.4. The van der Waals surface area contributed by atoms with Crippen LogP contribution in [-0.2, 0) is 0 Å². The van der Waals surface area contributed by atoms with Crippen LogP contribution in [-0.4, -0.2) is 30.1 Å². The van der Waals surface area contributed by atoms with Gasteiger partial charge in [0.2, 0.25) is 17.2 Å². The number of fused-ring (bicyclic) bond motifs is 3. The standard InChI is InChI=1S/C24H18ClNO5.C2H6/c25-14-5-3-4-12(10-14)13-8-9-16-15-6-1-2-7-17(15)26(18(16)11-13)19-20(27)22(29)24(31)23(30)21(19)28;1-2/h1-2,5-11,27-31H,3-4H2;1-2H3. The van der Waals surface area contributed by atoms with E-state index in [-0.39, 0.29) is 5.69 Å². The average Bonchev–Trinajstić information content (AvgIpc) is 3.16. The highest BCUT2D eigenvalue weighted by molar-refractivity contribution is 6.31. The minimum atomic E-state index is -0.992. The maximum atomic E-state index is 10.6. The van der Waals surface area contributed by atoms with Gasteiger partial charge in [-0.3, -0.25) is 0 Å². The smallest absolute Gasteiger partial charge is 0.208 e. The van der Waals surface area contributed by atoms with Gasteiger partial charge in [0.25, 0.3) is 0 Å². The van der Waals surface area contributed by atoms with E-state index in [9.17, 15) is 25.5 Å². The molecule has 0 spiro atoms. The first-order valence-electron chi connectivity index (χ1n) is 10.7. The van der Waals surface area contributed by atoms with E-state index in [1.54, 1.807) is 16.7 Å². The number of phenolic OH excluding ortho intramolecular Hbond substituents is 5. The Labute approximate surface area is 195 Å². The Balaban J connectivity index is 0.00000126. The topological polar surface area (TPSA) is 106 Å². The molecule has 1 aliphatic rings. The molecule has 0 atom stereocenters. The minimum Gasteiger partial charge on any atom is -0.503 e. The molecule has 0 aliphatic heterocycles. The quantitative estimate of drug-likeness (QED) is 0.168. The number of allylic oxidation sites excluding steroid dienone is 4. The number of nitrogens with zero attached hydrogens (tertiary/aromatic N) is 1. The van der Waals surface area contributed by atoms with Gasteiger partial charge in [0.1, 0.15) is 5.69 Å². The van der Waals surface area contributed by atoms with Crippen molar-refractivity contribution in [3.05, 3.63) is 65.2 Å². The number of halogens is 1. The van der Waals surface area contributed by atoms with E-state index < -0.39 is 28.7 Å². The van der Waals surface area contributed by atoms with Crippen molar-refractivity contribution in [2.45, 2.75) is 26.7 Å². The Bertz CT molecular complexity index is 1420. The molecule has 1 heterocycles. The Morgan fingerprint density at radius 3 is 2.03 bits per heavy atom. The minimum absolute atomic E-state index is 0.230. The van der Waals surface area contributed by atoms with Gasteiger partial charge in [-0.1, -0.05) is 61.9 Å². The van der Waals surface area contributed by atoms with E-state index in [1.807, 2.05) is 56.3 Å². The monoisotopic (exact) mass is 465 g/mol. The summed E-state index contributed by atoms with van der Waals surface area (Å²) in [4.78, 5) is 0. The van der Waals surface area contributed by atoms with E-state index in [2.05, 4.69) is 0 Å². The van der Waals surface area contributed by atoms with Crippen molar-refractivity contribution in [1.82, 2.24) is 4.57 Å². The number of aromatic hydroxyl groups is 5. The third kappa shape index (κ3) is 3.52. The lowest BCUT2D eigenvalue weighted by Crippen LogP contribution is -1.97. The third-order valence-corrected chi connectivity index (χ3v) is 5.94. The molecule has 5 N–H and O–H groups in total. The lowest BCUT2D eigenvalue weighted by Gasteiger charge is -2.16. The first-order valence-corrected chi connectivity index (χ1v) is 11.0. The van der Waals surface area contributed by atoms with Gasteiger partial charge in [-0.05, 0) is 42.2 Å².